The molecular formula is C19H25NO. The molecule has 112 valence electrons. The first-order valence-electron chi connectivity index (χ1n) is 7.64. The van der Waals surface area contributed by atoms with Crippen LogP contribution in [0.15, 0.2) is 42.5 Å². The van der Waals surface area contributed by atoms with E-state index < -0.39 is 0 Å². The Kier molecular flexibility index (Phi) is 5.40. The average Bonchev–Trinajstić information content (AvgIpc) is 2.49. The van der Waals surface area contributed by atoms with Gasteiger partial charge in [0.05, 0.1) is 6.04 Å². The smallest absolute Gasteiger partial charge is 0.119 e. The molecule has 0 saturated carbocycles. The molecule has 0 amide bonds. The van der Waals surface area contributed by atoms with Crippen LogP contribution in [0.5, 0.6) is 5.75 Å². The van der Waals surface area contributed by atoms with Crippen LogP contribution >= 0.6 is 0 Å². The zero-order valence-electron chi connectivity index (χ0n) is 13.2. The quantitative estimate of drug-likeness (QED) is 0.856. The molecule has 0 bridgehead atoms. The van der Waals surface area contributed by atoms with E-state index in [2.05, 4.69) is 51.1 Å². The minimum Gasteiger partial charge on any atom is -0.492 e. The van der Waals surface area contributed by atoms with E-state index in [4.69, 9.17) is 10.5 Å². The molecule has 0 spiro atoms. The molecule has 2 nitrogen and oxygen atoms in total. The SMILES string of the molecule is CCCc1ccc(OCC(N)c2cc(C)ccc2C)cc1. The molecule has 0 aromatic heterocycles. The zero-order valence-corrected chi connectivity index (χ0v) is 13.2. The van der Waals surface area contributed by atoms with Crippen LogP contribution in [0.4, 0.5) is 0 Å². The number of aryl methyl sites for hydroxylation is 3. The van der Waals surface area contributed by atoms with Crippen LogP contribution in [0.2, 0.25) is 0 Å². The van der Waals surface area contributed by atoms with Crippen molar-refractivity contribution in [2.75, 3.05) is 6.61 Å². The van der Waals surface area contributed by atoms with E-state index in [9.17, 15) is 0 Å². The average molecular weight is 283 g/mol. The summed E-state index contributed by atoms with van der Waals surface area (Å²) in [5, 5.41) is 0. The Labute approximate surface area is 127 Å². The predicted molar refractivity (Wildman–Crippen MR) is 88.8 cm³/mol. The van der Waals surface area contributed by atoms with Crippen LogP contribution in [0.25, 0.3) is 0 Å². The van der Waals surface area contributed by atoms with Crippen LogP contribution < -0.4 is 10.5 Å². The summed E-state index contributed by atoms with van der Waals surface area (Å²) in [4.78, 5) is 0. The molecule has 21 heavy (non-hydrogen) atoms. The maximum atomic E-state index is 6.27. The maximum absolute atomic E-state index is 6.27. The van der Waals surface area contributed by atoms with Crippen LogP contribution in [-0.2, 0) is 6.42 Å². The largest absolute Gasteiger partial charge is 0.492 e. The van der Waals surface area contributed by atoms with Gasteiger partial charge in [0.25, 0.3) is 0 Å². The number of hydrogen-bond donors (Lipinski definition) is 1. The van der Waals surface area contributed by atoms with E-state index in [1.807, 2.05) is 12.1 Å². The highest BCUT2D eigenvalue weighted by molar-refractivity contribution is 5.33. The summed E-state index contributed by atoms with van der Waals surface area (Å²) in [6, 6.07) is 14.6. The molecule has 1 atom stereocenters. The van der Waals surface area contributed by atoms with Crippen molar-refractivity contribution in [2.24, 2.45) is 5.73 Å². The topological polar surface area (TPSA) is 35.2 Å². The van der Waals surface area contributed by atoms with E-state index in [1.54, 1.807) is 0 Å². The minimum atomic E-state index is -0.0970. The molecule has 2 rings (SSSR count). The van der Waals surface area contributed by atoms with Gasteiger partial charge in [-0.15, -0.1) is 0 Å². The second-order valence-electron chi connectivity index (χ2n) is 5.67. The monoisotopic (exact) mass is 283 g/mol. The van der Waals surface area contributed by atoms with Crippen LogP contribution in [0, 0.1) is 13.8 Å². The molecule has 2 aromatic carbocycles. The lowest BCUT2D eigenvalue weighted by Gasteiger charge is -2.16. The van der Waals surface area contributed by atoms with Gasteiger partial charge < -0.3 is 10.5 Å². The Bertz CT molecular complexity index is 575. The molecule has 2 aromatic rings. The molecule has 0 heterocycles. The van der Waals surface area contributed by atoms with Gasteiger partial charge in [-0.05, 0) is 49.1 Å². The van der Waals surface area contributed by atoms with Gasteiger partial charge in [-0.3, -0.25) is 0 Å². The summed E-state index contributed by atoms with van der Waals surface area (Å²) >= 11 is 0. The van der Waals surface area contributed by atoms with E-state index in [-0.39, 0.29) is 6.04 Å². The van der Waals surface area contributed by atoms with Crippen molar-refractivity contribution in [3.63, 3.8) is 0 Å². The van der Waals surface area contributed by atoms with Gasteiger partial charge in [0.2, 0.25) is 0 Å². The Morgan fingerprint density at radius 1 is 1.05 bits per heavy atom. The lowest BCUT2D eigenvalue weighted by Crippen LogP contribution is -2.20. The third-order valence-electron chi connectivity index (χ3n) is 3.73. The van der Waals surface area contributed by atoms with Crippen LogP contribution in [0.1, 0.15) is 41.6 Å². The fraction of sp³-hybridized carbons (Fsp3) is 0.368. The number of nitrogens with two attached hydrogens (primary N) is 1. The highest BCUT2D eigenvalue weighted by Crippen LogP contribution is 2.20. The number of hydrogen-bond acceptors (Lipinski definition) is 2. The normalized spacial score (nSPS) is 12.2. The first-order chi connectivity index (χ1) is 10.1. The molecule has 0 aliphatic carbocycles. The number of ether oxygens (including phenoxy) is 1. The molecule has 1 unspecified atom stereocenters. The van der Waals surface area contributed by atoms with Crippen molar-refractivity contribution >= 4 is 0 Å². The minimum absolute atomic E-state index is 0.0970. The van der Waals surface area contributed by atoms with Crippen molar-refractivity contribution in [3.8, 4) is 5.75 Å². The third-order valence-corrected chi connectivity index (χ3v) is 3.73. The summed E-state index contributed by atoms with van der Waals surface area (Å²) in [5.74, 6) is 0.885. The number of benzene rings is 2. The van der Waals surface area contributed by atoms with Crippen LogP contribution in [0.3, 0.4) is 0 Å². The summed E-state index contributed by atoms with van der Waals surface area (Å²) < 4.78 is 5.83. The van der Waals surface area contributed by atoms with E-state index in [1.165, 1.54) is 16.7 Å². The Hall–Kier alpha value is -1.80. The second-order valence-corrected chi connectivity index (χ2v) is 5.67. The fourth-order valence-corrected chi connectivity index (χ4v) is 2.48. The first kappa shape index (κ1) is 15.6. The van der Waals surface area contributed by atoms with Gasteiger partial charge in [-0.25, -0.2) is 0 Å². The molecule has 0 aliphatic heterocycles. The fourth-order valence-electron chi connectivity index (χ4n) is 2.48. The summed E-state index contributed by atoms with van der Waals surface area (Å²) in [6.45, 7) is 6.86. The first-order valence-corrected chi connectivity index (χ1v) is 7.64. The third kappa shape index (κ3) is 4.33. The van der Waals surface area contributed by atoms with Crippen LogP contribution in [-0.4, -0.2) is 6.61 Å². The predicted octanol–water partition coefficient (Wildman–Crippen LogP) is 4.33. The highest BCUT2D eigenvalue weighted by Gasteiger charge is 2.10. The van der Waals surface area contributed by atoms with Gasteiger partial charge in [-0.1, -0.05) is 49.2 Å². The lowest BCUT2D eigenvalue weighted by atomic mass is 10.00. The van der Waals surface area contributed by atoms with Gasteiger partial charge in [0, 0.05) is 0 Å². The Morgan fingerprint density at radius 2 is 1.76 bits per heavy atom. The van der Waals surface area contributed by atoms with Gasteiger partial charge in [0.15, 0.2) is 0 Å². The molecule has 0 saturated heterocycles. The van der Waals surface area contributed by atoms with Crippen molar-refractivity contribution in [1.29, 1.82) is 0 Å². The van der Waals surface area contributed by atoms with Crippen molar-refractivity contribution in [1.82, 2.24) is 0 Å². The standard InChI is InChI=1S/C19H25NO/c1-4-5-16-8-10-17(11-9-16)21-13-19(20)18-12-14(2)6-7-15(18)3/h6-12,19H,4-5,13,20H2,1-3H3. The summed E-state index contributed by atoms with van der Waals surface area (Å²) in [6.07, 6.45) is 2.28. The zero-order chi connectivity index (χ0) is 15.2. The summed E-state index contributed by atoms with van der Waals surface area (Å²) in [5.41, 5.74) is 11.2. The lowest BCUT2D eigenvalue weighted by molar-refractivity contribution is 0.290. The molecule has 2 heteroatoms. The number of rotatable bonds is 6. The Balaban J connectivity index is 1.97. The van der Waals surface area contributed by atoms with E-state index in [0.29, 0.717) is 6.61 Å². The molecule has 2 N–H and O–H groups in total. The summed E-state index contributed by atoms with van der Waals surface area (Å²) in [7, 11) is 0. The van der Waals surface area contributed by atoms with Gasteiger partial charge >= 0.3 is 0 Å². The molecule has 0 radical (unpaired) electrons. The van der Waals surface area contributed by atoms with E-state index in [0.717, 1.165) is 24.2 Å². The van der Waals surface area contributed by atoms with Crippen molar-refractivity contribution < 1.29 is 4.74 Å². The van der Waals surface area contributed by atoms with Crippen molar-refractivity contribution in [3.05, 3.63) is 64.7 Å². The van der Waals surface area contributed by atoms with Gasteiger partial charge in [-0.2, -0.15) is 0 Å². The van der Waals surface area contributed by atoms with Crippen molar-refractivity contribution in [2.45, 2.75) is 39.7 Å². The highest BCUT2D eigenvalue weighted by atomic mass is 16.5. The molecule has 0 aliphatic rings. The maximum Gasteiger partial charge on any atom is 0.119 e. The molecule has 0 fully saturated rings. The second kappa shape index (κ2) is 7.28. The van der Waals surface area contributed by atoms with Gasteiger partial charge in [0.1, 0.15) is 12.4 Å². The Morgan fingerprint density at radius 3 is 2.43 bits per heavy atom. The molecular weight excluding hydrogens is 258 g/mol. The van der Waals surface area contributed by atoms with E-state index >= 15 is 0 Å².